The molecule has 0 bridgehead atoms. The van der Waals surface area contributed by atoms with E-state index in [0.717, 1.165) is 0 Å². The smallest absolute Gasteiger partial charge is 0.0636 e. The average Bonchev–Trinajstić information content (AvgIpc) is 2.14. The summed E-state index contributed by atoms with van der Waals surface area (Å²) >= 11 is 0. The standard InChI is InChI=1S/C14H21NO/c1-10-4-3-5-12(6-10)13-7-14(8-13)15-9-11(2)16/h3-6,11,13-16H,7-9H2,1-2H3. The first-order chi connectivity index (χ1) is 7.65. The van der Waals surface area contributed by atoms with Crippen LogP contribution >= 0.6 is 0 Å². The highest BCUT2D eigenvalue weighted by Gasteiger charge is 2.29. The molecule has 0 saturated heterocycles. The molecule has 2 heteroatoms. The summed E-state index contributed by atoms with van der Waals surface area (Å²) in [7, 11) is 0. The lowest BCUT2D eigenvalue weighted by Crippen LogP contribution is -2.42. The van der Waals surface area contributed by atoms with Crippen LogP contribution in [0.2, 0.25) is 0 Å². The molecule has 2 rings (SSSR count). The quantitative estimate of drug-likeness (QED) is 0.813. The number of aryl methyl sites for hydroxylation is 1. The van der Waals surface area contributed by atoms with Crippen LogP contribution in [0.3, 0.4) is 0 Å². The molecule has 1 fully saturated rings. The van der Waals surface area contributed by atoms with Gasteiger partial charge in [0.05, 0.1) is 6.10 Å². The lowest BCUT2D eigenvalue weighted by Gasteiger charge is -2.36. The predicted octanol–water partition coefficient (Wildman–Crippen LogP) is 2.21. The predicted molar refractivity (Wildman–Crippen MR) is 66.6 cm³/mol. The van der Waals surface area contributed by atoms with Gasteiger partial charge in [0.25, 0.3) is 0 Å². The topological polar surface area (TPSA) is 32.3 Å². The van der Waals surface area contributed by atoms with Gasteiger partial charge in [-0.2, -0.15) is 0 Å². The maximum Gasteiger partial charge on any atom is 0.0636 e. The highest BCUT2D eigenvalue weighted by molar-refractivity contribution is 5.27. The van der Waals surface area contributed by atoms with Crippen molar-refractivity contribution in [2.75, 3.05) is 6.54 Å². The Hall–Kier alpha value is -0.860. The summed E-state index contributed by atoms with van der Waals surface area (Å²) in [5.41, 5.74) is 2.81. The summed E-state index contributed by atoms with van der Waals surface area (Å²) in [6.45, 7) is 4.68. The van der Waals surface area contributed by atoms with Gasteiger partial charge in [0.15, 0.2) is 0 Å². The molecule has 1 atom stereocenters. The Labute approximate surface area is 97.7 Å². The second-order valence-electron chi connectivity index (χ2n) is 5.04. The highest BCUT2D eigenvalue weighted by Crippen LogP contribution is 2.36. The van der Waals surface area contributed by atoms with E-state index in [2.05, 4.69) is 36.5 Å². The minimum Gasteiger partial charge on any atom is -0.392 e. The lowest BCUT2D eigenvalue weighted by atomic mass is 9.75. The SMILES string of the molecule is Cc1cccc(C2CC(NCC(C)O)C2)c1. The fourth-order valence-corrected chi connectivity index (χ4v) is 2.32. The first-order valence-corrected chi connectivity index (χ1v) is 6.13. The van der Waals surface area contributed by atoms with Crippen molar-refractivity contribution in [3.63, 3.8) is 0 Å². The Bertz CT molecular complexity index is 342. The zero-order valence-corrected chi connectivity index (χ0v) is 10.1. The number of hydrogen-bond acceptors (Lipinski definition) is 2. The normalized spacial score (nSPS) is 26.2. The molecule has 2 nitrogen and oxygen atoms in total. The second kappa shape index (κ2) is 4.98. The fourth-order valence-electron chi connectivity index (χ4n) is 2.32. The van der Waals surface area contributed by atoms with Gasteiger partial charge in [-0.25, -0.2) is 0 Å². The van der Waals surface area contributed by atoms with Crippen LogP contribution in [-0.2, 0) is 0 Å². The third kappa shape index (κ3) is 2.83. The molecule has 2 N–H and O–H groups in total. The third-order valence-corrected chi connectivity index (χ3v) is 3.35. The molecular weight excluding hydrogens is 198 g/mol. The van der Waals surface area contributed by atoms with Crippen LogP contribution in [0, 0.1) is 6.92 Å². The van der Waals surface area contributed by atoms with Crippen molar-refractivity contribution in [1.29, 1.82) is 0 Å². The van der Waals surface area contributed by atoms with Crippen LogP contribution in [0.15, 0.2) is 24.3 Å². The summed E-state index contributed by atoms with van der Waals surface area (Å²) in [6.07, 6.45) is 2.17. The number of nitrogens with one attached hydrogen (secondary N) is 1. The van der Waals surface area contributed by atoms with Gasteiger partial charge >= 0.3 is 0 Å². The molecule has 0 amide bonds. The molecule has 1 aromatic rings. The van der Waals surface area contributed by atoms with Gasteiger partial charge in [-0.1, -0.05) is 29.8 Å². The van der Waals surface area contributed by atoms with Gasteiger partial charge in [-0.15, -0.1) is 0 Å². The van der Waals surface area contributed by atoms with E-state index in [1.54, 1.807) is 0 Å². The van der Waals surface area contributed by atoms with E-state index in [-0.39, 0.29) is 6.10 Å². The van der Waals surface area contributed by atoms with E-state index in [4.69, 9.17) is 0 Å². The van der Waals surface area contributed by atoms with E-state index < -0.39 is 0 Å². The largest absolute Gasteiger partial charge is 0.392 e. The Morgan fingerprint density at radius 1 is 1.44 bits per heavy atom. The minimum atomic E-state index is -0.238. The van der Waals surface area contributed by atoms with Gasteiger partial charge in [-0.3, -0.25) is 0 Å². The van der Waals surface area contributed by atoms with Crippen molar-refractivity contribution in [2.45, 2.75) is 44.8 Å². The molecule has 1 saturated carbocycles. The van der Waals surface area contributed by atoms with Crippen molar-refractivity contribution in [1.82, 2.24) is 5.32 Å². The van der Waals surface area contributed by atoms with Gasteiger partial charge in [-0.05, 0) is 38.2 Å². The molecule has 88 valence electrons. The van der Waals surface area contributed by atoms with Crippen LogP contribution < -0.4 is 5.32 Å². The summed E-state index contributed by atoms with van der Waals surface area (Å²) in [5, 5.41) is 12.6. The molecule has 16 heavy (non-hydrogen) atoms. The van der Waals surface area contributed by atoms with Crippen LogP contribution in [-0.4, -0.2) is 23.8 Å². The van der Waals surface area contributed by atoms with Crippen molar-refractivity contribution in [3.05, 3.63) is 35.4 Å². The van der Waals surface area contributed by atoms with Crippen LogP contribution in [0.1, 0.15) is 36.8 Å². The Morgan fingerprint density at radius 3 is 2.81 bits per heavy atom. The zero-order valence-electron chi connectivity index (χ0n) is 10.1. The van der Waals surface area contributed by atoms with Gasteiger partial charge in [0.2, 0.25) is 0 Å². The molecule has 0 heterocycles. The maximum absolute atomic E-state index is 9.18. The summed E-state index contributed by atoms with van der Waals surface area (Å²) in [5.74, 6) is 0.714. The summed E-state index contributed by atoms with van der Waals surface area (Å²) < 4.78 is 0. The number of aliphatic hydroxyl groups excluding tert-OH is 1. The first kappa shape index (κ1) is 11.6. The number of benzene rings is 1. The number of aliphatic hydroxyl groups is 1. The van der Waals surface area contributed by atoms with Crippen molar-refractivity contribution < 1.29 is 5.11 Å². The second-order valence-corrected chi connectivity index (χ2v) is 5.04. The van der Waals surface area contributed by atoms with Crippen molar-refractivity contribution >= 4 is 0 Å². The molecule has 0 aromatic heterocycles. The Balaban J connectivity index is 1.80. The Kier molecular flexibility index (Phi) is 3.62. The highest BCUT2D eigenvalue weighted by atomic mass is 16.3. The first-order valence-electron chi connectivity index (χ1n) is 6.13. The summed E-state index contributed by atoms with van der Waals surface area (Å²) in [4.78, 5) is 0. The minimum absolute atomic E-state index is 0.238. The van der Waals surface area contributed by atoms with Crippen LogP contribution in [0.25, 0.3) is 0 Å². The molecule has 1 aliphatic carbocycles. The molecular formula is C14H21NO. The maximum atomic E-state index is 9.18. The van der Waals surface area contributed by atoms with Gasteiger partial charge < -0.3 is 10.4 Å². The number of hydrogen-bond donors (Lipinski definition) is 2. The van der Waals surface area contributed by atoms with Gasteiger partial charge in [0, 0.05) is 12.6 Å². The molecule has 0 aliphatic heterocycles. The fraction of sp³-hybridized carbons (Fsp3) is 0.571. The van der Waals surface area contributed by atoms with E-state index in [0.29, 0.717) is 18.5 Å². The van der Waals surface area contributed by atoms with E-state index in [1.807, 2.05) is 6.92 Å². The number of rotatable bonds is 4. The van der Waals surface area contributed by atoms with Crippen LogP contribution in [0.4, 0.5) is 0 Å². The van der Waals surface area contributed by atoms with E-state index in [1.165, 1.54) is 24.0 Å². The summed E-state index contributed by atoms with van der Waals surface area (Å²) in [6, 6.07) is 9.39. The molecule has 0 radical (unpaired) electrons. The monoisotopic (exact) mass is 219 g/mol. The molecule has 1 unspecified atom stereocenters. The zero-order chi connectivity index (χ0) is 11.5. The molecule has 1 aliphatic rings. The van der Waals surface area contributed by atoms with Crippen molar-refractivity contribution in [3.8, 4) is 0 Å². The molecule has 1 aromatic carbocycles. The van der Waals surface area contributed by atoms with Crippen molar-refractivity contribution in [2.24, 2.45) is 0 Å². The van der Waals surface area contributed by atoms with Gasteiger partial charge in [0.1, 0.15) is 0 Å². The lowest BCUT2D eigenvalue weighted by molar-refractivity contribution is 0.171. The Morgan fingerprint density at radius 2 is 2.19 bits per heavy atom. The van der Waals surface area contributed by atoms with Crippen LogP contribution in [0.5, 0.6) is 0 Å². The molecule has 0 spiro atoms. The van der Waals surface area contributed by atoms with E-state index in [9.17, 15) is 5.11 Å². The average molecular weight is 219 g/mol. The van der Waals surface area contributed by atoms with E-state index >= 15 is 0 Å². The third-order valence-electron chi connectivity index (χ3n) is 3.35.